The van der Waals surface area contributed by atoms with Crippen molar-refractivity contribution in [2.24, 2.45) is 11.8 Å². The Morgan fingerprint density at radius 3 is 2.44 bits per heavy atom. The van der Waals surface area contributed by atoms with Crippen molar-refractivity contribution in [1.29, 1.82) is 0 Å². The van der Waals surface area contributed by atoms with Gasteiger partial charge in [0.2, 0.25) is 5.91 Å². The van der Waals surface area contributed by atoms with E-state index < -0.39 is 0 Å². The van der Waals surface area contributed by atoms with Gasteiger partial charge in [-0.05, 0) is 42.9 Å². The van der Waals surface area contributed by atoms with Gasteiger partial charge < -0.3 is 10.6 Å². The van der Waals surface area contributed by atoms with Crippen molar-refractivity contribution in [3.05, 3.63) is 78.9 Å². The zero-order valence-electron chi connectivity index (χ0n) is 19.6. The summed E-state index contributed by atoms with van der Waals surface area (Å²) in [6, 6.07) is 11.0. The first-order valence-electron chi connectivity index (χ1n) is 12.0. The molecule has 2 aliphatic rings. The summed E-state index contributed by atoms with van der Waals surface area (Å²) < 4.78 is 1.98. The summed E-state index contributed by atoms with van der Waals surface area (Å²) in [5.74, 6) is 1.14. The van der Waals surface area contributed by atoms with Gasteiger partial charge in [0.15, 0.2) is 11.4 Å². The summed E-state index contributed by atoms with van der Waals surface area (Å²) in [6.45, 7) is 5.12. The van der Waals surface area contributed by atoms with Crippen molar-refractivity contribution in [2.45, 2.75) is 18.9 Å². The number of hydrogen-bond acceptors (Lipinski definition) is 7. The third-order valence-corrected chi connectivity index (χ3v) is 7.42. The minimum Gasteiger partial charge on any atom is -0.383 e. The average Bonchev–Trinajstić information content (AvgIpc) is 3.61. The molecule has 1 aliphatic carbocycles. The van der Waals surface area contributed by atoms with Crippen molar-refractivity contribution in [1.82, 2.24) is 29.6 Å². The fourth-order valence-electron chi connectivity index (χ4n) is 5.67. The molecule has 4 aromatic rings. The third kappa shape index (κ3) is 3.64. The number of nitrogens with two attached hydrogens (primary N) is 1. The molecule has 2 N–H and O–H groups in total. The molecule has 1 saturated heterocycles. The number of carbonyl (C=O) groups excluding carboxylic acids is 2. The maximum Gasteiger partial charge on any atom is 0.245 e. The zero-order chi connectivity index (χ0) is 24.8. The molecule has 2 fully saturated rings. The van der Waals surface area contributed by atoms with Crippen molar-refractivity contribution in [2.75, 3.05) is 18.8 Å². The predicted octanol–water partition coefficient (Wildman–Crippen LogP) is 3.30. The van der Waals surface area contributed by atoms with E-state index in [9.17, 15) is 9.59 Å². The molecule has 180 valence electrons. The fraction of sp³-hybridized carbons (Fsp3) is 0.259. The molecule has 3 aromatic heterocycles. The number of carbonyl (C=O) groups is 2. The van der Waals surface area contributed by atoms with Crippen LogP contribution in [0.15, 0.2) is 67.8 Å². The van der Waals surface area contributed by atoms with E-state index >= 15 is 0 Å². The van der Waals surface area contributed by atoms with E-state index in [0.29, 0.717) is 45.5 Å². The topological polar surface area (TPSA) is 120 Å². The molecule has 0 bridgehead atoms. The molecular formula is C27H25N7O2. The highest BCUT2D eigenvalue weighted by Gasteiger charge is 2.43. The van der Waals surface area contributed by atoms with Crippen LogP contribution in [0.3, 0.4) is 0 Å². The number of ketones is 1. The zero-order valence-corrected chi connectivity index (χ0v) is 19.6. The molecule has 0 spiro atoms. The molecule has 4 heterocycles. The molecule has 1 aliphatic heterocycles. The van der Waals surface area contributed by atoms with Crippen molar-refractivity contribution in [3.8, 4) is 11.3 Å². The number of fused-ring (bicyclic) bond motifs is 2. The van der Waals surface area contributed by atoms with Crippen LogP contribution < -0.4 is 5.73 Å². The lowest BCUT2D eigenvalue weighted by atomic mass is 10.0. The van der Waals surface area contributed by atoms with Crippen LogP contribution in [0.25, 0.3) is 22.3 Å². The van der Waals surface area contributed by atoms with E-state index in [1.54, 1.807) is 36.7 Å². The van der Waals surface area contributed by atoms with Gasteiger partial charge in [-0.3, -0.25) is 14.6 Å². The van der Waals surface area contributed by atoms with Gasteiger partial charge in [-0.1, -0.05) is 30.8 Å². The van der Waals surface area contributed by atoms with E-state index in [0.717, 1.165) is 31.5 Å². The number of amides is 1. The normalized spacial score (nSPS) is 21.0. The molecule has 1 amide bonds. The quantitative estimate of drug-likeness (QED) is 0.344. The summed E-state index contributed by atoms with van der Waals surface area (Å²) in [5.41, 5.74) is 9.65. The molecule has 36 heavy (non-hydrogen) atoms. The third-order valence-electron chi connectivity index (χ3n) is 7.42. The van der Waals surface area contributed by atoms with E-state index in [-0.39, 0.29) is 17.7 Å². The van der Waals surface area contributed by atoms with Crippen molar-refractivity contribution < 1.29 is 9.59 Å². The molecular weight excluding hydrogens is 454 g/mol. The first kappa shape index (κ1) is 22.1. The van der Waals surface area contributed by atoms with Gasteiger partial charge in [0.25, 0.3) is 0 Å². The number of nitrogens with zero attached hydrogens (tertiary/aromatic N) is 6. The van der Waals surface area contributed by atoms with Crippen LogP contribution in [0.2, 0.25) is 0 Å². The summed E-state index contributed by atoms with van der Waals surface area (Å²) in [4.78, 5) is 39.5. The molecule has 6 rings (SSSR count). The van der Waals surface area contributed by atoms with E-state index in [2.05, 4.69) is 21.5 Å². The van der Waals surface area contributed by atoms with Gasteiger partial charge in [-0.15, -0.1) is 0 Å². The van der Waals surface area contributed by atoms with Crippen molar-refractivity contribution in [3.63, 3.8) is 0 Å². The Labute approximate surface area is 207 Å². The summed E-state index contributed by atoms with van der Waals surface area (Å²) in [7, 11) is 0. The highest BCUT2D eigenvalue weighted by Crippen LogP contribution is 2.45. The molecule has 2 atom stereocenters. The second kappa shape index (κ2) is 8.67. The summed E-state index contributed by atoms with van der Waals surface area (Å²) in [5, 5.41) is 5.69. The summed E-state index contributed by atoms with van der Waals surface area (Å²) in [6.07, 6.45) is 7.90. The predicted molar refractivity (Wildman–Crippen MR) is 135 cm³/mol. The largest absolute Gasteiger partial charge is 0.383 e. The van der Waals surface area contributed by atoms with Gasteiger partial charge in [0.05, 0.1) is 11.4 Å². The first-order chi connectivity index (χ1) is 17.5. The smallest absolute Gasteiger partial charge is 0.245 e. The lowest BCUT2D eigenvalue weighted by Crippen LogP contribution is -2.28. The minimum atomic E-state index is -0.0886. The van der Waals surface area contributed by atoms with Crippen LogP contribution in [0.5, 0.6) is 0 Å². The summed E-state index contributed by atoms with van der Waals surface area (Å²) >= 11 is 0. The Kier molecular flexibility index (Phi) is 5.32. The highest BCUT2D eigenvalue weighted by atomic mass is 16.2. The maximum atomic E-state index is 12.8. The average molecular weight is 480 g/mol. The van der Waals surface area contributed by atoms with Crippen LogP contribution in [0.4, 0.5) is 5.82 Å². The van der Waals surface area contributed by atoms with E-state index in [4.69, 9.17) is 10.8 Å². The first-order valence-corrected chi connectivity index (χ1v) is 12.0. The fourth-order valence-corrected chi connectivity index (χ4v) is 5.67. The molecule has 0 radical (unpaired) electrons. The standard InChI is InChI=1S/C27H25N7O2/c1-2-22(35)33-13-19-10-21(11-20(19)14-33)34-27-23(26(28)30-15-31-27)24(32-34)16-5-7-17(8-6-16)25(36)18-4-3-9-29-12-18/h2-9,12,15,19-21H,1,10-11,13-14H2,(H2,28,30,31). The number of hydrogen-bond donors (Lipinski definition) is 1. The Morgan fingerprint density at radius 1 is 1.03 bits per heavy atom. The van der Waals surface area contributed by atoms with Gasteiger partial charge in [-0.2, -0.15) is 5.10 Å². The minimum absolute atomic E-state index is 0.00116. The monoisotopic (exact) mass is 479 g/mol. The molecule has 1 aromatic carbocycles. The van der Waals surface area contributed by atoms with Gasteiger partial charge in [-0.25, -0.2) is 14.6 Å². The van der Waals surface area contributed by atoms with Gasteiger partial charge >= 0.3 is 0 Å². The number of likely N-dealkylation sites (tertiary alicyclic amines) is 1. The number of benzene rings is 1. The number of nitrogen functional groups attached to an aromatic ring is 1. The Morgan fingerprint density at radius 2 is 1.78 bits per heavy atom. The molecule has 2 unspecified atom stereocenters. The number of aromatic nitrogens is 5. The van der Waals surface area contributed by atoms with Crippen LogP contribution in [0.1, 0.15) is 34.8 Å². The molecule has 1 saturated carbocycles. The lowest BCUT2D eigenvalue weighted by Gasteiger charge is -2.18. The second-order valence-electron chi connectivity index (χ2n) is 9.49. The van der Waals surface area contributed by atoms with Crippen LogP contribution in [-0.2, 0) is 4.79 Å². The van der Waals surface area contributed by atoms with Crippen LogP contribution in [-0.4, -0.2) is 54.4 Å². The number of rotatable bonds is 5. The second-order valence-corrected chi connectivity index (χ2v) is 9.49. The van der Waals surface area contributed by atoms with Gasteiger partial charge in [0, 0.05) is 42.2 Å². The van der Waals surface area contributed by atoms with Gasteiger partial charge in [0.1, 0.15) is 17.8 Å². The lowest BCUT2D eigenvalue weighted by molar-refractivity contribution is -0.125. The highest BCUT2D eigenvalue weighted by molar-refractivity contribution is 6.09. The molecule has 9 nitrogen and oxygen atoms in total. The van der Waals surface area contributed by atoms with Crippen molar-refractivity contribution >= 4 is 28.5 Å². The number of pyridine rings is 1. The number of anilines is 1. The SMILES string of the molecule is C=CC(=O)N1CC2CC(n3nc(-c4ccc(C(=O)c5cccnc5)cc4)c4c(N)ncnc43)CC2C1. The Hall–Kier alpha value is -4.40. The Balaban J connectivity index is 1.31. The van der Waals surface area contributed by atoms with Crippen LogP contribution in [0, 0.1) is 11.8 Å². The van der Waals surface area contributed by atoms with E-state index in [1.165, 1.54) is 12.4 Å². The Bertz CT molecular complexity index is 1470. The maximum absolute atomic E-state index is 12.8. The molecule has 9 heteroatoms. The van der Waals surface area contributed by atoms with E-state index in [1.807, 2.05) is 21.7 Å². The van der Waals surface area contributed by atoms with Crippen LogP contribution >= 0.6 is 0 Å².